The van der Waals surface area contributed by atoms with Gasteiger partial charge in [-0.15, -0.1) is 0 Å². The summed E-state index contributed by atoms with van der Waals surface area (Å²) in [5, 5.41) is 5.64. The van der Waals surface area contributed by atoms with Crippen molar-refractivity contribution < 1.29 is 27.6 Å². The molecule has 3 amide bonds. The summed E-state index contributed by atoms with van der Waals surface area (Å²) in [5.41, 5.74) is -0.140. The average Bonchev–Trinajstić information content (AvgIpc) is 3.54. The highest BCUT2D eigenvalue weighted by atomic mass is 19.4. The molecule has 6 rings (SSSR count). The number of aromatic nitrogens is 1. The van der Waals surface area contributed by atoms with Crippen LogP contribution in [0.15, 0.2) is 65.8 Å². The van der Waals surface area contributed by atoms with Crippen LogP contribution < -0.4 is 10.6 Å². The monoisotopic (exact) mass is 575 g/mol. The zero-order chi connectivity index (χ0) is 30.0. The molecule has 0 bridgehead atoms. The summed E-state index contributed by atoms with van der Waals surface area (Å²) in [7, 11) is 0. The number of benzene rings is 2. The Morgan fingerprint density at radius 1 is 1.07 bits per heavy atom. The van der Waals surface area contributed by atoms with E-state index in [4.69, 9.17) is 0 Å². The van der Waals surface area contributed by atoms with E-state index in [0.717, 1.165) is 27.7 Å². The van der Waals surface area contributed by atoms with Gasteiger partial charge in [0.05, 0.1) is 11.0 Å². The first-order valence-corrected chi connectivity index (χ1v) is 13.6. The van der Waals surface area contributed by atoms with Gasteiger partial charge in [0.25, 0.3) is 5.91 Å². The summed E-state index contributed by atoms with van der Waals surface area (Å²) in [6, 6.07) is 13.9. The van der Waals surface area contributed by atoms with Crippen LogP contribution in [0, 0.1) is 5.92 Å². The number of nitrogens with zero attached hydrogens (tertiary/aromatic N) is 3. The maximum atomic E-state index is 13.9. The highest BCUT2D eigenvalue weighted by Gasteiger charge is 2.51. The number of carbonyl (C=O) groups excluding carboxylic acids is 3. The Labute approximate surface area is 240 Å². The molecule has 1 spiro atoms. The van der Waals surface area contributed by atoms with Gasteiger partial charge in [-0.3, -0.25) is 24.3 Å². The van der Waals surface area contributed by atoms with Crippen molar-refractivity contribution in [1.82, 2.24) is 9.88 Å². The minimum Gasteiger partial charge on any atom is -0.325 e. The van der Waals surface area contributed by atoms with Crippen molar-refractivity contribution in [2.24, 2.45) is 10.9 Å². The molecule has 1 aromatic heterocycles. The fourth-order valence-electron chi connectivity index (χ4n) is 6.04. The van der Waals surface area contributed by atoms with Gasteiger partial charge in [0.2, 0.25) is 11.8 Å². The molecule has 2 N–H and O–H groups in total. The predicted octanol–water partition coefficient (Wildman–Crippen LogP) is 4.73. The second-order valence-electron chi connectivity index (χ2n) is 11.5. The number of carbonyl (C=O) groups is 3. The van der Waals surface area contributed by atoms with Crippen molar-refractivity contribution in [3.05, 3.63) is 88.6 Å². The van der Waals surface area contributed by atoms with Gasteiger partial charge in [0.15, 0.2) is 0 Å². The van der Waals surface area contributed by atoms with Gasteiger partial charge in [0, 0.05) is 23.0 Å². The van der Waals surface area contributed by atoms with Crippen LogP contribution in [0.3, 0.4) is 0 Å². The number of aliphatic imine (C=N–C) groups is 1. The summed E-state index contributed by atoms with van der Waals surface area (Å²) >= 11 is 0. The Kier molecular flexibility index (Phi) is 6.25. The number of pyridine rings is 1. The molecule has 3 heterocycles. The van der Waals surface area contributed by atoms with Gasteiger partial charge in [-0.05, 0) is 61.1 Å². The van der Waals surface area contributed by atoms with E-state index in [2.05, 4.69) is 20.6 Å². The van der Waals surface area contributed by atoms with Gasteiger partial charge >= 0.3 is 6.18 Å². The molecule has 3 aliphatic rings. The quantitative estimate of drug-likeness (QED) is 0.459. The lowest BCUT2D eigenvalue weighted by Crippen LogP contribution is -2.47. The molecule has 2 aromatic carbocycles. The number of alkyl halides is 3. The number of amides is 3. The van der Waals surface area contributed by atoms with E-state index < -0.39 is 41.1 Å². The Bertz CT molecular complexity index is 1680. The molecule has 11 heteroatoms. The van der Waals surface area contributed by atoms with E-state index in [9.17, 15) is 27.6 Å². The van der Waals surface area contributed by atoms with Crippen LogP contribution in [-0.2, 0) is 38.8 Å². The fraction of sp³-hybridized carbons (Fsp3) is 0.323. The zero-order valence-electron chi connectivity index (χ0n) is 23.2. The van der Waals surface area contributed by atoms with E-state index in [1.807, 2.05) is 12.1 Å². The normalized spacial score (nSPS) is 22.8. The summed E-state index contributed by atoms with van der Waals surface area (Å²) in [6.45, 7) is 4.56. The first-order chi connectivity index (χ1) is 19.8. The van der Waals surface area contributed by atoms with Crippen LogP contribution in [0.1, 0.15) is 48.6 Å². The maximum absolute atomic E-state index is 13.9. The van der Waals surface area contributed by atoms with Crippen molar-refractivity contribution in [2.45, 2.75) is 50.7 Å². The van der Waals surface area contributed by atoms with Crippen LogP contribution in [0.5, 0.6) is 0 Å². The molecule has 216 valence electrons. The molecule has 42 heavy (non-hydrogen) atoms. The first kappa shape index (κ1) is 27.6. The fourth-order valence-corrected chi connectivity index (χ4v) is 6.04. The zero-order valence-corrected chi connectivity index (χ0v) is 23.2. The molecule has 8 nitrogen and oxygen atoms in total. The van der Waals surface area contributed by atoms with Crippen LogP contribution in [0.4, 0.5) is 24.7 Å². The lowest BCUT2D eigenvalue weighted by molar-refractivity contribution is -0.138. The van der Waals surface area contributed by atoms with Gasteiger partial charge in [-0.25, -0.2) is 4.98 Å². The molecule has 0 saturated carbocycles. The predicted molar refractivity (Wildman–Crippen MR) is 150 cm³/mol. The van der Waals surface area contributed by atoms with Crippen molar-refractivity contribution in [3.8, 4) is 0 Å². The number of nitrogens with one attached hydrogen (secondary N) is 2. The molecule has 0 radical (unpaired) electrons. The summed E-state index contributed by atoms with van der Waals surface area (Å²) < 4.78 is 41.7. The van der Waals surface area contributed by atoms with Gasteiger partial charge in [0.1, 0.15) is 23.7 Å². The van der Waals surface area contributed by atoms with Crippen LogP contribution in [0.25, 0.3) is 0 Å². The van der Waals surface area contributed by atoms with Crippen molar-refractivity contribution in [3.63, 3.8) is 0 Å². The van der Waals surface area contributed by atoms with Crippen LogP contribution in [0.2, 0.25) is 0 Å². The maximum Gasteiger partial charge on any atom is 0.417 e. The summed E-state index contributed by atoms with van der Waals surface area (Å²) in [6.07, 6.45) is -2.13. The number of hydrogen-bond donors (Lipinski definition) is 2. The Morgan fingerprint density at radius 2 is 1.81 bits per heavy atom. The molecule has 2 atom stereocenters. The number of anilines is 2. The summed E-state index contributed by atoms with van der Waals surface area (Å²) in [4.78, 5) is 49.6. The largest absolute Gasteiger partial charge is 0.417 e. The molecule has 0 fully saturated rings. The van der Waals surface area contributed by atoms with Crippen LogP contribution in [-0.4, -0.2) is 45.5 Å². The van der Waals surface area contributed by atoms with E-state index >= 15 is 0 Å². The lowest BCUT2D eigenvalue weighted by Gasteiger charge is -2.26. The molecule has 2 aliphatic heterocycles. The third-order valence-corrected chi connectivity index (χ3v) is 8.64. The Hall–Kier alpha value is -4.54. The Balaban J connectivity index is 1.25. The van der Waals surface area contributed by atoms with E-state index in [1.165, 1.54) is 18.2 Å². The van der Waals surface area contributed by atoms with Crippen molar-refractivity contribution >= 4 is 35.1 Å². The number of rotatable bonds is 5. The molecular weight excluding hydrogens is 547 g/mol. The molecule has 2 unspecified atom stereocenters. The molecular formula is C31H28F3N5O3. The number of halogens is 3. The molecule has 1 aliphatic carbocycles. The SMILES string of the molecule is CC(C)C1(C)N=C(c2ccccc2C(F)(F)F)N(CC(=O)Nc2ccc3c(c2)CC2(C3)C(=O)Nc3ncccc32)C1=O. The average molecular weight is 576 g/mol. The number of fused-ring (bicyclic) bond motifs is 3. The van der Waals surface area contributed by atoms with Crippen LogP contribution >= 0.6 is 0 Å². The number of amidine groups is 1. The minimum atomic E-state index is -4.68. The number of hydrogen-bond acceptors (Lipinski definition) is 5. The second-order valence-corrected chi connectivity index (χ2v) is 11.5. The first-order valence-electron chi connectivity index (χ1n) is 13.6. The Morgan fingerprint density at radius 3 is 2.55 bits per heavy atom. The minimum absolute atomic E-state index is 0.121. The molecule has 0 saturated heterocycles. The van der Waals surface area contributed by atoms with Gasteiger partial charge in [-0.2, -0.15) is 13.2 Å². The smallest absolute Gasteiger partial charge is 0.325 e. The highest BCUT2D eigenvalue weighted by Crippen LogP contribution is 2.47. The highest BCUT2D eigenvalue weighted by molar-refractivity contribution is 6.17. The lowest BCUT2D eigenvalue weighted by atomic mass is 9.79. The van der Waals surface area contributed by atoms with Gasteiger partial charge in [-0.1, -0.05) is 44.2 Å². The third-order valence-electron chi connectivity index (χ3n) is 8.64. The van der Waals surface area contributed by atoms with Crippen molar-refractivity contribution in [2.75, 3.05) is 17.2 Å². The van der Waals surface area contributed by atoms with E-state index in [1.54, 1.807) is 45.2 Å². The van der Waals surface area contributed by atoms with Gasteiger partial charge < -0.3 is 10.6 Å². The van der Waals surface area contributed by atoms with E-state index in [-0.39, 0.29) is 23.2 Å². The van der Waals surface area contributed by atoms with Crippen molar-refractivity contribution in [1.29, 1.82) is 0 Å². The topological polar surface area (TPSA) is 104 Å². The van der Waals surface area contributed by atoms with E-state index in [0.29, 0.717) is 24.3 Å². The summed E-state index contributed by atoms with van der Waals surface area (Å²) in [5.74, 6) is -1.22. The third kappa shape index (κ3) is 4.26. The standard InChI is InChI=1S/C31H28F3N5O3/c1-17(2)29(3)28(42)39(26(38-29)21-7-4-5-8-22(21)31(32,33)34)16-24(40)36-20-11-10-18-14-30(15-19(18)13-20)23-9-6-12-35-25(23)37-27(30)41/h4-13,17H,14-16H2,1-3H3,(H,36,40)(H,35,37,41). The second kappa shape index (κ2) is 9.50. The molecule has 3 aromatic rings.